The van der Waals surface area contributed by atoms with E-state index in [9.17, 15) is 0 Å². The van der Waals surface area contributed by atoms with E-state index in [2.05, 4.69) is 31.3 Å². The van der Waals surface area contributed by atoms with Gasteiger partial charge in [0.1, 0.15) is 5.75 Å². The highest BCUT2D eigenvalue weighted by Crippen LogP contribution is 2.22. The highest BCUT2D eigenvalue weighted by atomic mass is 16.5. The smallest absolute Gasteiger partial charge is 0.119 e. The molecule has 0 aliphatic heterocycles. The third-order valence-electron chi connectivity index (χ3n) is 3.07. The van der Waals surface area contributed by atoms with Crippen LogP contribution in [-0.4, -0.2) is 25.9 Å². The van der Waals surface area contributed by atoms with E-state index in [0.29, 0.717) is 0 Å². The minimum atomic E-state index is 0.142. The van der Waals surface area contributed by atoms with Crippen LogP contribution in [-0.2, 0) is 4.74 Å². The summed E-state index contributed by atoms with van der Waals surface area (Å²) < 4.78 is 11.1. The molecule has 1 N–H and O–H groups in total. The molecule has 1 aromatic carbocycles. The van der Waals surface area contributed by atoms with Gasteiger partial charge in [-0.05, 0) is 51.4 Å². The van der Waals surface area contributed by atoms with Crippen LogP contribution < -0.4 is 10.1 Å². The molecule has 0 aromatic heterocycles. The van der Waals surface area contributed by atoms with E-state index in [1.165, 1.54) is 5.56 Å². The van der Waals surface area contributed by atoms with E-state index in [0.717, 1.165) is 18.7 Å². The number of benzene rings is 1. The Labute approximate surface area is 117 Å². The Morgan fingerprint density at radius 1 is 1.11 bits per heavy atom. The van der Waals surface area contributed by atoms with E-state index < -0.39 is 0 Å². The molecular weight excluding hydrogens is 238 g/mol. The van der Waals surface area contributed by atoms with Crippen molar-refractivity contribution in [3.05, 3.63) is 29.8 Å². The predicted molar refractivity (Wildman–Crippen MR) is 79.7 cm³/mol. The summed E-state index contributed by atoms with van der Waals surface area (Å²) in [7, 11) is 1.75. The lowest BCUT2D eigenvalue weighted by Gasteiger charge is -2.25. The summed E-state index contributed by atoms with van der Waals surface area (Å²) in [6.07, 6.45) is 1.46. The summed E-state index contributed by atoms with van der Waals surface area (Å²) in [6, 6.07) is 8.50. The maximum absolute atomic E-state index is 5.67. The number of rotatable bonds is 8. The number of nitrogens with one attached hydrogen (secondary N) is 1. The molecule has 1 aromatic rings. The monoisotopic (exact) mass is 265 g/mol. The lowest BCUT2D eigenvalue weighted by molar-refractivity contribution is 0.0830. The Hall–Kier alpha value is -1.06. The van der Waals surface area contributed by atoms with Gasteiger partial charge in [-0.3, -0.25) is 0 Å². The first kappa shape index (κ1) is 16.0. The molecule has 108 valence electrons. The molecule has 0 aliphatic rings. The van der Waals surface area contributed by atoms with Crippen molar-refractivity contribution in [3.8, 4) is 5.75 Å². The van der Waals surface area contributed by atoms with Crippen LogP contribution in [0.1, 0.15) is 45.7 Å². The van der Waals surface area contributed by atoms with Gasteiger partial charge in [0.05, 0.1) is 18.2 Å². The Balaban J connectivity index is 2.78. The van der Waals surface area contributed by atoms with Crippen molar-refractivity contribution < 1.29 is 9.47 Å². The number of methoxy groups -OCH3 is 1. The van der Waals surface area contributed by atoms with Crippen LogP contribution in [0.4, 0.5) is 0 Å². The van der Waals surface area contributed by atoms with Gasteiger partial charge in [-0.2, -0.15) is 0 Å². The fourth-order valence-electron chi connectivity index (χ4n) is 2.02. The van der Waals surface area contributed by atoms with Crippen molar-refractivity contribution in [2.45, 2.75) is 52.4 Å². The zero-order chi connectivity index (χ0) is 14.3. The van der Waals surface area contributed by atoms with Gasteiger partial charge in [-0.15, -0.1) is 0 Å². The maximum Gasteiger partial charge on any atom is 0.119 e. The van der Waals surface area contributed by atoms with Gasteiger partial charge in [0.2, 0.25) is 0 Å². The van der Waals surface area contributed by atoms with Crippen molar-refractivity contribution >= 4 is 0 Å². The molecule has 2 unspecified atom stereocenters. The van der Waals surface area contributed by atoms with Gasteiger partial charge in [0.15, 0.2) is 0 Å². The molecular formula is C16H27NO2. The van der Waals surface area contributed by atoms with Gasteiger partial charge in [0.25, 0.3) is 0 Å². The van der Waals surface area contributed by atoms with Crippen molar-refractivity contribution in [2.24, 2.45) is 0 Å². The molecule has 0 aliphatic carbocycles. The molecule has 2 atom stereocenters. The fourth-order valence-corrected chi connectivity index (χ4v) is 2.02. The van der Waals surface area contributed by atoms with Crippen LogP contribution in [0, 0.1) is 0 Å². The Kier molecular flexibility index (Phi) is 6.89. The zero-order valence-electron chi connectivity index (χ0n) is 12.8. The molecule has 0 saturated carbocycles. The van der Waals surface area contributed by atoms with E-state index in [4.69, 9.17) is 9.47 Å². The van der Waals surface area contributed by atoms with E-state index >= 15 is 0 Å². The number of hydrogen-bond donors (Lipinski definition) is 1. The van der Waals surface area contributed by atoms with E-state index in [-0.39, 0.29) is 18.2 Å². The van der Waals surface area contributed by atoms with Gasteiger partial charge in [-0.1, -0.05) is 19.1 Å². The van der Waals surface area contributed by atoms with Gasteiger partial charge in [-0.25, -0.2) is 0 Å². The van der Waals surface area contributed by atoms with Crippen molar-refractivity contribution in [1.29, 1.82) is 0 Å². The Morgan fingerprint density at radius 3 is 2.21 bits per heavy atom. The third-order valence-corrected chi connectivity index (χ3v) is 3.07. The summed E-state index contributed by atoms with van der Waals surface area (Å²) in [5, 5.41) is 3.53. The van der Waals surface area contributed by atoms with E-state index in [1.807, 2.05) is 26.0 Å². The molecule has 19 heavy (non-hydrogen) atoms. The molecule has 0 heterocycles. The van der Waals surface area contributed by atoms with Gasteiger partial charge in [0, 0.05) is 7.11 Å². The van der Waals surface area contributed by atoms with Crippen molar-refractivity contribution in [3.63, 3.8) is 0 Å². The molecule has 1 rings (SSSR count). The van der Waals surface area contributed by atoms with Gasteiger partial charge >= 0.3 is 0 Å². The third kappa shape index (κ3) is 5.21. The molecule has 0 radical (unpaired) electrons. The highest BCUT2D eigenvalue weighted by molar-refractivity contribution is 5.29. The first-order chi connectivity index (χ1) is 9.08. The molecule has 3 heteroatoms. The lowest BCUT2D eigenvalue weighted by Crippen LogP contribution is -2.31. The second-order valence-electron chi connectivity index (χ2n) is 5.11. The van der Waals surface area contributed by atoms with E-state index in [1.54, 1.807) is 7.11 Å². The molecule has 0 spiro atoms. The summed E-state index contributed by atoms with van der Waals surface area (Å²) >= 11 is 0. The minimum absolute atomic E-state index is 0.142. The summed E-state index contributed by atoms with van der Waals surface area (Å²) in [5.41, 5.74) is 1.24. The second kappa shape index (κ2) is 8.18. The molecule has 0 amide bonds. The average molecular weight is 265 g/mol. The van der Waals surface area contributed by atoms with Crippen LogP contribution in [0.2, 0.25) is 0 Å². The summed E-state index contributed by atoms with van der Waals surface area (Å²) in [4.78, 5) is 0. The highest BCUT2D eigenvalue weighted by Gasteiger charge is 2.18. The SMILES string of the molecule is CCCNC(c1ccc(OC(C)C)cc1)C(C)OC. The lowest BCUT2D eigenvalue weighted by atomic mass is 10.0. The quantitative estimate of drug-likeness (QED) is 0.779. The summed E-state index contributed by atoms with van der Waals surface area (Å²) in [5.74, 6) is 0.915. The van der Waals surface area contributed by atoms with Crippen LogP contribution in [0.3, 0.4) is 0 Å². The average Bonchev–Trinajstić information content (AvgIpc) is 2.40. The van der Waals surface area contributed by atoms with Crippen LogP contribution in [0.5, 0.6) is 5.75 Å². The minimum Gasteiger partial charge on any atom is -0.491 e. The maximum atomic E-state index is 5.67. The molecule has 3 nitrogen and oxygen atoms in total. The van der Waals surface area contributed by atoms with Crippen molar-refractivity contribution in [1.82, 2.24) is 5.32 Å². The number of ether oxygens (including phenoxy) is 2. The van der Waals surface area contributed by atoms with Crippen molar-refractivity contribution in [2.75, 3.05) is 13.7 Å². The Morgan fingerprint density at radius 2 is 1.74 bits per heavy atom. The number of hydrogen-bond acceptors (Lipinski definition) is 3. The predicted octanol–water partition coefficient (Wildman–Crippen LogP) is 3.55. The molecule has 0 fully saturated rings. The topological polar surface area (TPSA) is 30.5 Å². The molecule has 0 bridgehead atoms. The van der Waals surface area contributed by atoms with Gasteiger partial charge < -0.3 is 14.8 Å². The van der Waals surface area contributed by atoms with Crippen LogP contribution in [0.15, 0.2) is 24.3 Å². The first-order valence-corrected chi connectivity index (χ1v) is 7.11. The zero-order valence-corrected chi connectivity index (χ0v) is 12.8. The normalized spacial score (nSPS) is 14.4. The Bertz CT molecular complexity index is 348. The largest absolute Gasteiger partial charge is 0.491 e. The second-order valence-corrected chi connectivity index (χ2v) is 5.11. The van der Waals surface area contributed by atoms with Crippen LogP contribution >= 0.6 is 0 Å². The molecule has 0 saturated heterocycles. The first-order valence-electron chi connectivity index (χ1n) is 7.11. The van der Waals surface area contributed by atoms with Crippen LogP contribution in [0.25, 0.3) is 0 Å². The summed E-state index contributed by atoms with van der Waals surface area (Å²) in [6.45, 7) is 9.31. The standard InChI is InChI=1S/C16H27NO2/c1-6-11-17-16(13(4)18-5)14-7-9-15(10-8-14)19-12(2)3/h7-10,12-13,16-17H,6,11H2,1-5H3. The fraction of sp³-hybridized carbons (Fsp3) is 0.625.